The van der Waals surface area contributed by atoms with Crippen molar-refractivity contribution in [1.82, 2.24) is 0 Å². The fourth-order valence-corrected chi connectivity index (χ4v) is 3.63. The smallest absolute Gasteiger partial charge is 0.324 e. The highest BCUT2D eigenvalue weighted by molar-refractivity contribution is 7.50. The van der Waals surface area contributed by atoms with Gasteiger partial charge in [0.1, 0.15) is 0 Å². The number of hydrogen-bond acceptors (Lipinski definition) is 1. The third kappa shape index (κ3) is 2.86. The van der Waals surface area contributed by atoms with E-state index in [1.54, 1.807) is 0 Å². The van der Waals surface area contributed by atoms with Gasteiger partial charge in [0, 0.05) is 0 Å². The highest BCUT2D eigenvalue weighted by Gasteiger charge is 2.18. The highest BCUT2D eigenvalue weighted by atomic mass is 31.2. The first-order valence-electron chi connectivity index (χ1n) is 6.96. The Morgan fingerprint density at radius 3 is 2.24 bits per heavy atom. The Labute approximate surface area is 123 Å². The molecule has 0 amide bonds. The standard InChI is InChI=1S/C17H17O3P/c1-2-12-7-8-15-9-13-5-3-4-6-14(13)10-16(15)17(12)11-21(18,19)20/h3-10H,2,11H2,1H3,(H2,18,19,20). The van der Waals surface area contributed by atoms with Crippen LogP contribution in [0.5, 0.6) is 0 Å². The molecule has 0 aliphatic heterocycles. The van der Waals surface area contributed by atoms with Gasteiger partial charge in [0.25, 0.3) is 0 Å². The second-order valence-corrected chi connectivity index (χ2v) is 6.95. The Bertz CT molecular complexity index is 864. The topological polar surface area (TPSA) is 57.5 Å². The summed E-state index contributed by atoms with van der Waals surface area (Å²) in [6.07, 6.45) is 0.559. The van der Waals surface area contributed by atoms with Crippen molar-refractivity contribution in [3.05, 3.63) is 59.7 Å². The van der Waals surface area contributed by atoms with Crippen molar-refractivity contribution in [2.45, 2.75) is 19.5 Å². The third-order valence-electron chi connectivity index (χ3n) is 3.84. The van der Waals surface area contributed by atoms with Gasteiger partial charge in [0.05, 0.1) is 6.16 Å². The van der Waals surface area contributed by atoms with Crippen LogP contribution in [0.1, 0.15) is 18.1 Å². The van der Waals surface area contributed by atoms with E-state index >= 15 is 0 Å². The highest BCUT2D eigenvalue weighted by Crippen LogP contribution is 2.42. The SMILES string of the molecule is CCc1ccc2cc3ccccc3cc2c1CP(=O)(O)O. The van der Waals surface area contributed by atoms with Crippen LogP contribution in [0.15, 0.2) is 48.5 Å². The largest absolute Gasteiger partial charge is 0.329 e. The molecule has 108 valence electrons. The maximum atomic E-state index is 11.5. The van der Waals surface area contributed by atoms with E-state index in [0.29, 0.717) is 0 Å². The van der Waals surface area contributed by atoms with Gasteiger partial charge in [-0.25, -0.2) is 0 Å². The first kappa shape index (κ1) is 14.3. The van der Waals surface area contributed by atoms with E-state index in [2.05, 4.69) is 6.07 Å². The molecule has 0 saturated heterocycles. The predicted molar refractivity (Wildman–Crippen MR) is 86.6 cm³/mol. The molecule has 21 heavy (non-hydrogen) atoms. The van der Waals surface area contributed by atoms with Crippen LogP contribution in [0.4, 0.5) is 0 Å². The van der Waals surface area contributed by atoms with E-state index < -0.39 is 7.60 Å². The van der Waals surface area contributed by atoms with Crippen molar-refractivity contribution in [3.8, 4) is 0 Å². The second kappa shape index (κ2) is 5.27. The third-order valence-corrected chi connectivity index (χ3v) is 4.57. The lowest BCUT2D eigenvalue weighted by atomic mass is 9.96. The number of rotatable bonds is 3. The molecule has 3 nitrogen and oxygen atoms in total. The van der Waals surface area contributed by atoms with Crippen LogP contribution in [0.25, 0.3) is 21.5 Å². The van der Waals surface area contributed by atoms with E-state index in [1.807, 2.05) is 49.4 Å². The Morgan fingerprint density at radius 1 is 0.952 bits per heavy atom. The van der Waals surface area contributed by atoms with E-state index in [9.17, 15) is 14.4 Å². The lowest BCUT2D eigenvalue weighted by Gasteiger charge is -2.14. The normalized spacial score (nSPS) is 12.1. The van der Waals surface area contributed by atoms with Gasteiger partial charge in [-0.2, -0.15) is 0 Å². The number of fused-ring (bicyclic) bond motifs is 2. The fourth-order valence-electron chi connectivity index (χ4n) is 2.85. The van der Waals surface area contributed by atoms with E-state index in [-0.39, 0.29) is 6.16 Å². The second-order valence-electron chi connectivity index (χ2n) is 5.30. The molecule has 0 radical (unpaired) electrons. The summed E-state index contributed by atoms with van der Waals surface area (Å²) in [6.45, 7) is 2.01. The summed E-state index contributed by atoms with van der Waals surface area (Å²) in [6, 6.07) is 16.2. The van der Waals surface area contributed by atoms with Crippen LogP contribution in [0.2, 0.25) is 0 Å². The molecule has 0 fully saturated rings. The molecule has 4 heteroatoms. The molecule has 3 rings (SSSR count). The number of benzene rings is 3. The van der Waals surface area contributed by atoms with Gasteiger partial charge in [-0.1, -0.05) is 43.3 Å². The molecule has 0 bridgehead atoms. The number of hydrogen-bond donors (Lipinski definition) is 2. The van der Waals surface area contributed by atoms with Gasteiger partial charge in [-0.15, -0.1) is 0 Å². The van der Waals surface area contributed by atoms with Crippen molar-refractivity contribution in [1.29, 1.82) is 0 Å². The summed E-state index contributed by atoms with van der Waals surface area (Å²) in [7, 11) is -4.09. The van der Waals surface area contributed by atoms with Gasteiger partial charge in [-0.3, -0.25) is 4.57 Å². The molecule has 3 aromatic rings. The van der Waals surface area contributed by atoms with E-state index in [0.717, 1.165) is 39.1 Å². The summed E-state index contributed by atoms with van der Waals surface area (Å²) in [4.78, 5) is 18.7. The number of aryl methyl sites for hydroxylation is 1. The fraction of sp³-hybridized carbons (Fsp3) is 0.176. The van der Waals surface area contributed by atoms with Gasteiger partial charge < -0.3 is 9.79 Å². The van der Waals surface area contributed by atoms with Gasteiger partial charge in [-0.05, 0) is 51.2 Å². The molecule has 0 atom stereocenters. The minimum absolute atomic E-state index is 0.203. The average molecular weight is 300 g/mol. The zero-order chi connectivity index (χ0) is 15.0. The first-order chi connectivity index (χ1) is 9.98. The minimum Gasteiger partial charge on any atom is -0.324 e. The Kier molecular flexibility index (Phi) is 3.58. The van der Waals surface area contributed by atoms with Crippen LogP contribution in [-0.4, -0.2) is 9.79 Å². The van der Waals surface area contributed by atoms with Crippen LogP contribution < -0.4 is 0 Å². The summed E-state index contributed by atoms with van der Waals surface area (Å²) >= 11 is 0. The first-order valence-corrected chi connectivity index (χ1v) is 8.75. The van der Waals surface area contributed by atoms with Crippen molar-refractivity contribution < 1.29 is 14.4 Å². The van der Waals surface area contributed by atoms with Gasteiger partial charge in [0.15, 0.2) is 0 Å². The molecule has 0 aliphatic carbocycles. The van der Waals surface area contributed by atoms with Crippen molar-refractivity contribution >= 4 is 29.1 Å². The summed E-state index contributed by atoms with van der Waals surface area (Å²) in [5.41, 5.74) is 1.77. The Balaban J connectivity index is 2.35. The zero-order valence-corrected chi connectivity index (χ0v) is 12.7. The monoisotopic (exact) mass is 300 g/mol. The van der Waals surface area contributed by atoms with E-state index in [4.69, 9.17) is 0 Å². The summed E-state index contributed by atoms with van der Waals surface area (Å²) in [5.74, 6) is 0. The Hall–Kier alpha value is -1.67. The molecule has 2 N–H and O–H groups in total. The lowest BCUT2D eigenvalue weighted by Crippen LogP contribution is -1.96. The van der Waals surface area contributed by atoms with Crippen molar-refractivity contribution in [2.75, 3.05) is 0 Å². The Morgan fingerprint density at radius 2 is 1.62 bits per heavy atom. The summed E-state index contributed by atoms with van der Waals surface area (Å²) < 4.78 is 11.5. The predicted octanol–water partition coefficient (Wildman–Crippen LogP) is 4.23. The minimum atomic E-state index is -4.09. The van der Waals surface area contributed by atoms with Gasteiger partial charge in [0.2, 0.25) is 0 Å². The van der Waals surface area contributed by atoms with E-state index in [1.165, 1.54) is 0 Å². The van der Waals surface area contributed by atoms with Crippen LogP contribution in [0, 0.1) is 0 Å². The maximum absolute atomic E-state index is 11.5. The quantitative estimate of drug-likeness (QED) is 0.562. The molecule has 0 spiro atoms. The molecule has 0 aliphatic rings. The van der Waals surface area contributed by atoms with Crippen molar-refractivity contribution in [2.24, 2.45) is 0 Å². The lowest BCUT2D eigenvalue weighted by molar-refractivity contribution is 0.371. The zero-order valence-electron chi connectivity index (χ0n) is 11.8. The molecule has 0 aromatic heterocycles. The van der Waals surface area contributed by atoms with Crippen molar-refractivity contribution in [3.63, 3.8) is 0 Å². The average Bonchev–Trinajstić information content (AvgIpc) is 2.44. The molecule has 0 unspecified atom stereocenters. The molecular weight excluding hydrogens is 283 g/mol. The molecular formula is C17H17O3P. The maximum Gasteiger partial charge on any atom is 0.329 e. The molecule has 3 aromatic carbocycles. The van der Waals surface area contributed by atoms with Crippen LogP contribution in [0.3, 0.4) is 0 Å². The van der Waals surface area contributed by atoms with Crippen LogP contribution in [-0.2, 0) is 17.1 Å². The van der Waals surface area contributed by atoms with Gasteiger partial charge >= 0.3 is 7.60 Å². The summed E-state index contributed by atoms with van der Waals surface area (Å²) in [5, 5.41) is 4.19. The van der Waals surface area contributed by atoms with Crippen LogP contribution >= 0.6 is 7.60 Å². The molecule has 0 heterocycles. The molecule has 0 saturated carbocycles.